The van der Waals surface area contributed by atoms with E-state index < -0.39 is 0 Å². The first-order valence-corrected chi connectivity index (χ1v) is 10.5. The van der Waals surface area contributed by atoms with E-state index >= 15 is 0 Å². The highest BCUT2D eigenvalue weighted by atomic mass is 32.1. The Morgan fingerprint density at radius 2 is 1.86 bits per heavy atom. The van der Waals surface area contributed by atoms with Crippen LogP contribution >= 0.6 is 11.3 Å². The number of hydrogen-bond donors (Lipinski definition) is 0. The highest BCUT2D eigenvalue weighted by Gasteiger charge is 2.25. The zero-order valence-corrected chi connectivity index (χ0v) is 17.9. The number of hydrogen-bond acceptors (Lipinski definition) is 4. The van der Waals surface area contributed by atoms with Crippen LogP contribution in [0, 0.1) is 13.8 Å². The third-order valence-electron chi connectivity index (χ3n) is 4.90. The van der Waals surface area contributed by atoms with Crippen molar-refractivity contribution < 1.29 is 4.79 Å². The number of carbonyl (C=O) groups excluding carboxylic acids is 1. The molecule has 0 radical (unpaired) electrons. The summed E-state index contributed by atoms with van der Waals surface area (Å²) < 4.78 is 2.96. The molecule has 0 fully saturated rings. The molecule has 0 aliphatic carbocycles. The molecule has 4 rings (SSSR count). The number of nitrogens with zero attached hydrogens (tertiary/aromatic N) is 4. The molecule has 0 N–H and O–H groups in total. The van der Waals surface area contributed by atoms with Gasteiger partial charge >= 0.3 is 0 Å². The summed E-state index contributed by atoms with van der Waals surface area (Å²) in [4.78, 5) is 20.1. The second-order valence-electron chi connectivity index (χ2n) is 7.50. The van der Waals surface area contributed by atoms with Crippen LogP contribution in [-0.2, 0) is 6.54 Å². The SMILES string of the molecule is Cc1cccc2sc(N(Cc3ccccc3)C(=O)c3cc(C)n(C(C)C)n3)nc12. The van der Waals surface area contributed by atoms with Gasteiger partial charge in [-0.15, -0.1) is 0 Å². The molecule has 0 spiro atoms. The Hall–Kier alpha value is -2.99. The lowest BCUT2D eigenvalue weighted by Gasteiger charge is -2.19. The Morgan fingerprint density at radius 3 is 2.52 bits per heavy atom. The normalized spacial score (nSPS) is 11.3. The van der Waals surface area contributed by atoms with Gasteiger partial charge in [-0.25, -0.2) is 4.98 Å². The number of anilines is 1. The molecule has 5 nitrogen and oxygen atoms in total. The molecule has 2 aromatic heterocycles. The molecular formula is C23H24N4OS. The molecule has 0 saturated heterocycles. The maximum Gasteiger partial charge on any atom is 0.280 e. The third kappa shape index (κ3) is 3.80. The van der Waals surface area contributed by atoms with E-state index in [9.17, 15) is 4.79 Å². The predicted octanol–water partition coefficient (Wildman–Crippen LogP) is 5.54. The summed E-state index contributed by atoms with van der Waals surface area (Å²) >= 11 is 1.54. The number of para-hydroxylation sites is 1. The average molecular weight is 405 g/mol. The van der Waals surface area contributed by atoms with Crippen molar-refractivity contribution >= 4 is 32.6 Å². The quantitative estimate of drug-likeness (QED) is 0.439. The van der Waals surface area contributed by atoms with Crippen LogP contribution in [0.5, 0.6) is 0 Å². The van der Waals surface area contributed by atoms with Crippen LogP contribution in [-0.4, -0.2) is 20.7 Å². The van der Waals surface area contributed by atoms with E-state index in [-0.39, 0.29) is 11.9 Å². The number of rotatable bonds is 5. The van der Waals surface area contributed by atoms with Crippen molar-refractivity contribution in [1.29, 1.82) is 0 Å². The average Bonchev–Trinajstić information content (AvgIpc) is 3.31. The molecule has 6 heteroatoms. The fraction of sp³-hybridized carbons (Fsp3) is 0.261. The molecule has 0 unspecified atom stereocenters. The van der Waals surface area contributed by atoms with Gasteiger partial charge in [-0.05, 0) is 51.0 Å². The van der Waals surface area contributed by atoms with Crippen molar-refractivity contribution in [3.63, 3.8) is 0 Å². The lowest BCUT2D eigenvalue weighted by Crippen LogP contribution is -2.30. The van der Waals surface area contributed by atoms with Crippen molar-refractivity contribution in [3.05, 3.63) is 77.1 Å². The number of fused-ring (bicyclic) bond motifs is 1. The highest BCUT2D eigenvalue weighted by molar-refractivity contribution is 7.22. The van der Waals surface area contributed by atoms with Crippen molar-refractivity contribution in [2.24, 2.45) is 0 Å². The van der Waals surface area contributed by atoms with E-state index in [1.165, 1.54) is 11.3 Å². The number of carbonyl (C=O) groups is 1. The molecule has 0 aliphatic heterocycles. The highest BCUT2D eigenvalue weighted by Crippen LogP contribution is 2.32. The lowest BCUT2D eigenvalue weighted by molar-refractivity contribution is 0.0979. The molecule has 1 amide bonds. The van der Waals surface area contributed by atoms with E-state index in [1.807, 2.05) is 73.1 Å². The Bertz CT molecular complexity index is 1160. The smallest absolute Gasteiger partial charge is 0.278 e. The summed E-state index contributed by atoms with van der Waals surface area (Å²) in [6, 6.07) is 18.2. The Kier molecular flexibility index (Phi) is 5.20. The van der Waals surface area contributed by atoms with Gasteiger partial charge in [0.25, 0.3) is 5.91 Å². The fourth-order valence-corrected chi connectivity index (χ4v) is 4.48. The number of aryl methyl sites for hydroxylation is 2. The molecular weight excluding hydrogens is 380 g/mol. The van der Waals surface area contributed by atoms with E-state index in [4.69, 9.17) is 4.98 Å². The molecule has 148 valence electrons. The molecule has 4 aromatic rings. The van der Waals surface area contributed by atoms with Crippen LogP contribution in [0.15, 0.2) is 54.6 Å². The Balaban J connectivity index is 1.78. The van der Waals surface area contributed by atoms with Gasteiger partial charge in [-0.3, -0.25) is 14.4 Å². The minimum atomic E-state index is -0.131. The minimum Gasteiger partial charge on any atom is -0.278 e. The van der Waals surface area contributed by atoms with Crippen LogP contribution in [0.25, 0.3) is 10.2 Å². The first kappa shape index (κ1) is 19.3. The zero-order valence-electron chi connectivity index (χ0n) is 17.1. The van der Waals surface area contributed by atoms with Gasteiger partial charge in [-0.1, -0.05) is 53.8 Å². The van der Waals surface area contributed by atoms with E-state index in [1.54, 1.807) is 4.90 Å². The van der Waals surface area contributed by atoms with Crippen LogP contribution < -0.4 is 4.90 Å². The first-order valence-electron chi connectivity index (χ1n) is 9.72. The van der Waals surface area contributed by atoms with Crippen LogP contribution in [0.2, 0.25) is 0 Å². The Morgan fingerprint density at radius 1 is 1.10 bits per heavy atom. The number of thiazole rings is 1. The largest absolute Gasteiger partial charge is 0.280 e. The molecule has 29 heavy (non-hydrogen) atoms. The number of benzene rings is 2. The van der Waals surface area contributed by atoms with E-state index in [2.05, 4.69) is 18.9 Å². The number of amides is 1. The third-order valence-corrected chi connectivity index (χ3v) is 5.94. The van der Waals surface area contributed by atoms with Crippen LogP contribution in [0.1, 0.15) is 47.2 Å². The van der Waals surface area contributed by atoms with Crippen molar-refractivity contribution in [2.45, 2.75) is 40.3 Å². The second kappa shape index (κ2) is 7.79. The summed E-state index contributed by atoms with van der Waals surface area (Å²) in [6.07, 6.45) is 0. The van der Waals surface area contributed by atoms with Crippen molar-refractivity contribution in [3.8, 4) is 0 Å². The maximum absolute atomic E-state index is 13.5. The predicted molar refractivity (Wildman–Crippen MR) is 119 cm³/mol. The maximum atomic E-state index is 13.5. The van der Waals surface area contributed by atoms with Gasteiger partial charge in [-0.2, -0.15) is 5.10 Å². The monoisotopic (exact) mass is 404 g/mol. The van der Waals surface area contributed by atoms with Gasteiger partial charge in [0.05, 0.1) is 16.8 Å². The second-order valence-corrected chi connectivity index (χ2v) is 8.51. The number of aromatic nitrogens is 3. The Labute approximate surface area is 174 Å². The summed E-state index contributed by atoms with van der Waals surface area (Å²) in [7, 11) is 0. The van der Waals surface area contributed by atoms with E-state index in [0.29, 0.717) is 17.4 Å². The molecule has 0 aliphatic rings. The van der Waals surface area contributed by atoms with E-state index in [0.717, 1.165) is 27.0 Å². The fourth-order valence-electron chi connectivity index (χ4n) is 3.44. The molecule has 2 aromatic carbocycles. The molecule has 0 bridgehead atoms. The summed E-state index contributed by atoms with van der Waals surface area (Å²) in [6.45, 7) is 8.60. The van der Waals surface area contributed by atoms with Gasteiger partial charge in [0.1, 0.15) is 0 Å². The minimum absolute atomic E-state index is 0.131. The van der Waals surface area contributed by atoms with Gasteiger partial charge in [0.2, 0.25) is 0 Å². The van der Waals surface area contributed by atoms with Gasteiger partial charge in [0.15, 0.2) is 10.8 Å². The van der Waals surface area contributed by atoms with Gasteiger partial charge in [0, 0.05) is 11.7 Å². The van der Waals surface area contributed by atoms with Crippen molar-refractivity contribution in [1.82, 2.24) is 14.8 Å². The zero-order chi connectivity index (χ0) is 20.5. The summed E-state index contributed by atoms with van der Waals surface area (Å²) in [5, 5.41) is 5.27. The van der Waals surface area contributed by atoms with Crippen LogP contribution in [0.4, 0.5) is 5.13 Å². The molecule has 2 heterocycles. The van der Waals surface area contributed by atoms with Crippen molar-refractivity contribution in [2.75, 3.05) is 4.90 Å². The lowest BCUT2D eigenvalue weighted by atomic mass is 10.2. The molecule has 0 atom stereocenters. The summed E-state index contributed by atoms with van der Waals surface area (Å²) in [5.74, 6) is -0.131. The summed E-state index contributed by atoms with van der Waals surface area (Å²) in [5.41, 5.74) is 4.53. The molecule has 0 saturated carbocycles. The first-order chi connectivity index (χ1) is 13.9. The van der Waals surface area contributed by atoms with Crippen LogP contribution in [0.3, 0.4) is 0 Å². The standard InChI is InChI=1S/C23H24N4OS/c1-15(2)27-17(4)13-19(25-27)22(28)26(14-18-10-6-5-7-11-18)23-24-21-16(3)9-8-12-20(21)29-23/h5-13,15H,14H2,1-4H3. The van der Waals surface area contributed by atoms with Gasteiger partial charge < -0.3 is 0 Å². The topological polar surface area (TPSA) is 51.0 Å².